The van der Waals surface area contributed by atoms with E-state index in [0.29, 0.717) is 6.04 Å². The highest BCUT2D eigenvalue weighted by Crippen LogP contribution is 2.22. The van der Waals surface area contributed by atoms with Gasteiger partial charge in [-0.3, -0.25) is 4.90 Å². The highest BCUT2D eigenvalue weighted by molar-refractivity contribution is 4.96. The molecule has 0 radical (unpaired) electrons. The fourth-order valence-corrected chi connectivity index (χ4v) is 1.70. The number of likely N-dealkylation sites (tertiary alicyclic amines) is 1. The Labute approximate surface area is 73.9 Å². The van der Waals surface area contributed by atoms with E-state index in [-0.39, 0.29) is 5.92 Å². The quantitative estimate of drug-likeness (QED) is 0.627. The lowest BCUT2D eigenvalue weighted by molar-refractivity contribution is 0.142. The van der Waals surface area contributed by atoms with Gasteiger partial charge in [-0.05, 0) is 19.9 Å². The normalized spacial score (nSPS) is 30.4. The first-order valence-corrected chi connectivity index (χ1v) is 4.42. The third-order valence-corrected chi connectivity index (χ3v) is 2.63. The van der Waals surface area contributed by atoms with Crippen molar-refractivity contribution in [2.75, 3.05) is 26.8 Å². The van der Waals surface area contributed by atoms with Crippen LogP contribution in [0, 0.1) is 17.2 Å². The lowest BCUT2D eigenvalue weighted by Crippen LogP contribution is -2.32. The van der Waals surface area contributed by atoms with Gasteiger partial charge in [0.05, 0.1) is 18.6 Å². The fourth-order valence-electron chi connectivity index (χ4n) is 1.70. The van der Waals surface area contributed by atoms with Gasteiger partial charge in [-0.1, -0.05) is 0 Å². The van der Waals surface area contributed by atoms with Crippen LogP contribution in [0.25, 0.3) is 0 Å². The van der Waals surface area contributed by atoms with E-state index in [1.54, 1.807) is 7.11 Å². The second-order valence-electron chi connectivity index (χ2n) is 3.29. The summed E-state index contributed by atoms with van der Waals surface area (Å²) in [4.78, 5) is 2.32. The summed E-state index contributed by atoms with van der Waals surface area (Å²) in [6, 6.07) is 2.75. The molecule has 1 fully saturated rings. The molecule has 1 saturated heterocycles. The van der Waals surface area contributed by atoms with Crippen LogP contribution in [0.15, 0.2) is 0 Å². The summed E-state index contributed by atoms with van der Waals surface area (Å²) >= 11 is 0. The number of methoxy groups -OCH3 is 1. The van der Waals surface area contributed by atoms with Crippen LogP contribution in [0.5, 0.6) is 0 Å². The molecule has 0 N–H and O–H groups in total. The molecule has 1 aliphatic rings. The van der Waals surface area contributed by atoms with E-state index in [4.69, 9.17) is 10.00 Å². The fraction of sp³-hybridized carbons (Fsp3) is 0.889. The molecule has 12 heavy (non-hydrogen) atoms. The standard InChI is InChI=1S/C9H16N2O/c1-8-9(7-10)3-4-11(8)5-6-12-2/h8-9H,3-6H2,1-2H3. The van der Waals surface area contributed by atoms with E-state index in [9.17, 15) is 0 Å². The largest absolute Gasteiger partial charge is 0.383 e. The first kappa shape index (κ1) is 9.50. The van der Waals surface area contributed by atoms with Crippen molar-refractivity contribution >= 4 is 0 Å². The monoisotopic (exact) mass is 168 g/mol. The van der Waals surface area contributed by atoms with Gasteiger partial charge < -0.3 is 4.74 Å². The van der Waals surface area contributed by atoms with E-state index in [1.165, 1.54) is 0 Å². The highest BCUT2D eigenvalue weighted by atomic mass is 16.5. The van der Waals surface area contributed by atoms with E-state index < -0.39 is 0 Å². The molecule has 0 aromatic carbocycles. The summed E-state index contributed by atoms with van der Waals surface area (Å²) in [5.74, 6) is 0.224. The lowest BCUT2D eigenvalue weighted by Gasteiger charge is -2.21. The Balaban J connectivity index is 2.34. The molecule has 0 saturated carbocycles. The van der Waals surface area contributed by atoms with Gasteiger partial charge in [0.15, 0.2) is 0 Å². The number of nitrogens with zero attached hydrogens (tertiary/aromatic N) is 2. The summed E-state index contributed by atoms with van der Waals surface area (Å²) in [7, 11) is 1.71. The molecule has 2 atom stereocenters. The Morgan fingerprint density at radius 3 is 2.92 bits per heavy atom. The minimum absolute atomic E-state index is 0.224. The van der Waals surface area contributed by atoms with Crippen molar-refractivity contribution in [3.8, 4) is 6.07 Å². The number of rotatable bonds is 3. The van der Waals surface area contributed by atoms with Crippen LogP contribution in [0.3, 0.4) is 0 Å². The predicted octanol–water partition coefficient (Wildman–Crippen LogP) is 0.867. The molecular weight excluding hydrogens is 152 g/mol. The molecule has 68 valence electrons. The molecule has 1 rings (SSSR count). The van der Waals surface area contributed by atoms with E-state index in [1.807, 2.05) is 0 Å². The van der Waals surface area contributed by atoms with Gasteiger partial charge in [0, 0.05) is 19.7 Å². The molecule has 0 aromatic heterocycles. The third-order valence-electron chi connectivity index (χ3n) is 2.63. The van der Waals surface area contributed by atoms with E-state index >= 15 is 0 Å². The average molecular weight is 168 g/mol. The molecule has 1 aliphatic heterocycles. The van der Waals surface area contributed by atoms with Crippen LogP contribution in [-0.2, 0) is 4.74 Å². The Hall–Kier alpha value is -0.590. The zero-order chi connectivity index (χ0) is 8.97. The van der Waals surface area contributed by atoms with E-state index in [0.717, 1.165) is 26.1 Å². The molecule has 2 unspecified atom stereocenters. The Morgan fingerprint density at radius 2 is 2.42 bits per heavy atom. The number of hydrogen-bond acceptors (Lipinski definition) is 3. The van der Waals surface area contributed by atoms with Gasteiger partial charge in [-0.15, -0.1) is 0 Å². The Kier molecular flexibility index (Phi) is 3.51. The van der Waals surface area contributed by atoms with Gasteiger partial charge in [0.25, 0.3) is 0 Å². The smallest absolute Gasteiger partial charge is 0.0672 e. The second kappa shape index (κ2) is 4.44. The molecule has 0 bridgehead atoms. The van der Waals surface area contributed by atoms with Crippen LogP contribution in [0.2, 0.25) is 0 Å². The Bertz CT molecular complexity index is 176. The molecule has 3 nitrogen and oxygen atoms in total. The number of hydrogen-bond donors (Lipinski definition) is 0. The van der Waals surface area contributed by atoms with Crippen LogP contribution in [0.4, 0.5) is 0 Å². The summed E-state index contributed by atoms with van der Waals surface area (Å²) in [6.45, 7) is 4.89. The maximum absolute atomic E-state index is 8.77. The summed E-state index contributed by atoms with van der Waals surface area (Å²) in [5, 5.41) is 8.77. The van der Waals surface area contributed by atoms with Crippen LogP contribution in [-0.4, -0.2) is 37.7 Å². The molecule has 0 amide bonds. The average Bonchev–Trinajstić information content (AvgIpc) is 2.43. The molecular formula is C9H16N2O. The van der Waals surface area contributed by atoms with Crippen molar-refractivity contribution < 1.29 is 4.74 Å². The maximum Gasteiger partial charge on any atom is 0.0672 e. The van der Waals surface area contributed by atoms with Crippen molar-refractivity contribution in [3.05, 3.63) is 0 Å². The molecule has 0 aromatic rings. The van der Waals surface area contributed by atoms with Gasteiger partial charge >= 0.3 is 0 Å². The van der Waals surface area contributed by atoms with Crippen molar-refractivity contribution in [2.45, 2.75) is 19.4 Å². The number of nitriles is 1. The predicted molar refractivity (Wildman–Crippen MR) is 46.6 cm³/mol. The minimum Gasteiger partial charge on any atom is -0.383 e. The van der Waals surface area contributed by atoms with Crippen molar-refractivity contribution in [1.29, 1.82) is 5.26 Å². The van der Waals surface area contributed by atoms with Crippen LogP contribution < -0.4 is 0 Å². The van der Waals surface area contributed by atoms with Gasteiger partial charge in [-0.2, -0.15) is 5.26 Å². The maximum atomic E-state index is 8.77. The second-order valence-corrected chi connectivity index (χ2v) is 3.29. The SMILES string of the molecule is COCCN1CCC(C#N)C1C. The third kappa shape index (κ3) is 1.96. The molecule has 1 heterocycles. The van der Waals surface area contributed by atoms with Crippen molar-refractivity contribution in [2.24, 2.45) is 5.92 Å². The zero-order valence-corrected chi connectivity index (χ0v) is 7.79. The first-order valence-electron chi connectivity index (χ1n) is 4.42. The van der Waals surface area contributed by atoms with Crippen molar-refractivity contribution in [1.82, 2.24) is 4.90 Å². The summed E-state index contributed by atoms with van der Waals surface area (Å²) in [5.41, 5.74) is 0. The van der Waals surface area contributed by atoms with Gasteiger partial charge in [0.2, 0.25) is 0 Å². The van der Waals surface area contributed by atoms with Gasteiger partial charge in [-0.25, -0.2) is 0 Å². The zero-order valence-electron chi connectivity index (χ0n) is 7.79. The number of ether oxygens (including phenoxy) is 1. The van der Waals surface area contributed by atoms with Crippen LogP contribution >= 0.6 is 0 Å². The van der Waals surface area contributed by atoms with E-state index in [2.05, 4.69) is 17.9 Å². The van der Waals surface area contributed by atoms with Gasteiger partial charge in [0.1, 0.15) is 0 Å². The highest BCUT2D eigenvalue weighted by Gasteiger charge is 2.29. The van der Waals surface area contributed by atoms with Crippen molar-refractivity contribution in [3.63, 3.8) is 0 Å². The minimum atomic E-state index is 0.224. The molecule has 0 aliphatic carbocycles. The molecule has 3 heteroatoms. The Morgan fingerprint density at radius 1 is 1.67 bits per heavy atom. The summed E-state index contributed by atoms with van der Waals surface area (Å²) < 4.78 is 5.00. The van der Waals surface area contributed by atoms with Crippen LogP contribution in [0.1, 0.15) is 13.3 Å². The topological polar surface area (TPSA) is 36.3 Å². The molecule has 0 spiro atoms. The first-order chi connectivity index (χ1) is 5.79. The lowest BCUT2D eigenvalue weighted by atomic mass is 10.0. The summed E-state index contributed by atoms with van der Waals surface area (Å²) in [6.07, 6.45) is 1.02.